The largest absolute Gasteiger partial charge is 0.316 e. The monoisotopic (exact) mass is 326 g/mol. The first-order valence-electron chi connectivity index (χ1n) is 7.05. The van der Waals surface area contributed by atoms with Gasteiger partial charge in [0.15, 0.2) is 0 Å². The minimum Gasteiger partial charge on any atom is -0.316 e. The molecule has 1 aromatic rings. The highest BCUT2D eigenvalue weighted by Crippen LogP contribution is 2.41. The summed E-state index contributed by atoms with van der Waals surface area (Å²) >= 11 is 3.68. The van der Waals surface area contributed by atoms with E-state index in [2.05, 4.69) is 52.0 Å². The molecule has 106 valence electrons. The lowest BCUT2D eigenvalue weighted by molar-refractivity contribution is 0.128. The first-order valence-corrected chi connectivity index (χ1v) is 7.84. The summed E-state index contributed by atoms with van der Waals surface area (Å²) in [4.78, 5) is 2.63. The highest BCUT2D eigenvalue weighted by Gasteiger charge is 2.49. The number of nitrogens with zero attached hydrogens (tertiary/aromatic N) is 3. The minimum absolute atomic E-state index is 0.270. The molecule has 1 N–H and O–H groups in total. The van der Waals surface area contributed by atoms with Gasteiger partial charge in [-0.25, -0.2) is 0 Å². The van der Waals surface area contributed by atoms with Crippen molar-refractivity contribution in [1.29, 1.82) is 0 Å². The first kappa shape index (κ1) is 13.6. The maximum Gasteiger partial charge on any atom is 0.0739 e. The fraction of sp³-hybridized carbons (Fsp3) is 0.786. The van der Waals surface area contributed by atoms with Gasteiger partial charge in [-0.1, -0.05) is 0 Å². The van der Waals surface area contributed by atoms with E-state index in [0.29, 0.717) is 0 Å². The van der Waals surface area contributed by atoms with Crippen LogP contribution < -0.4 is 5.32 Å². The lowest BCUT2D eigenvalue weighted by atomic mass is 9.85. The number of hydrogen-bond acceptors (Lipinski definition) is 3. The zero-order valence-corrected chi connectivity index (χ0v) is 13.8. The molecule has 0 spiro atoms. The third-order valence-corrected chi connectivity index (χ3v) is 6.15. The number of likely N-dealkylation sites (tertiary alicyclic amines) is 1. The number of aryl methyl sites for hydroxylation is 2. The predicted molar refractivity (Wildman–Crippen MR) is 80.0 cm³/mol. The molecule has 3 heterocycles. The van der Waals surface area contributed by atoms with Crippen LogP contribution in [0.5, 0.6) is 0 Å². The van der Waals surface area contributed by atoms with Gasteiger partial charge < -0.3 is 5.32 Å². The molecule has 0 aliphatic carbocycles. The number of hydrogen-bond donors (Lipinski definition) is 1. The Bertz CT molecular complexity index is 494. The van der Waals surface area contributed by atoms with Crippen molar-refractivity contribution in [3.63, 3.8) is 0 Å². The van der Waals surface area contributed by atoms with Crippen molar-refractivity contribution in [2.24, 2.45) is 18.9 Å². The molecular weight excluding hydrogens is 304 g/mol. The zero-order chi connectivity index (χ0) is 13.8. The Morgan fingerprint density at radius 1 is 1.42 bits per heavy atom. The van der Waals surface area contributed by atoms with E-state index in [1.165, 1.54) is 29.8 Å². The van der Waals surface area contributed by atoms with E-state index in [1.54, 1.807) is 0 Å². The standard InChI is InChI=1S/C14H23BrN4/c1-9-13(15)12(18(4)17-9)8-19-7-10-5-16-6-11(10)14(19,2)3/h10-11,16H,5-8H2,1-4H3. The zero-order valence-electron chi connectivity index (χ0n) is 12.2. The second-order valence-corrected chi connectivity index (χ2v) is 7.32. The molecule has 0 aromatic carbocycles. The summed E-state index contributed by atoms with van der Waals surface area (Å²) in [5.41, 5.74) is 2.64. The van der Waals surface area contributed by atoms with Crippen LogP contribution >= 0.6 is 15.9 Å². The maximum atomic E-state index is 4.50. The minimum atomic E-state index is 0.270. The Balaban J connectivity index is 1.84. The lowest BCUT2D eigenvalue weighted by Crippen LogP contribution is -2.44. The van der Waals surface area contributed by atoms with Crippen molar-refractivity contribution in [1.82, 2.24) is 20.0 Å². The molecule has 5 heteroatoms. The average molecular weight is 327 g/mol. The van der Waals surface area contributed by atoms with Crippen molar-refractivity contribution in [3.8, 4) is 0 Å². The molecule has 3 rings (SSSR count). The molecule has 2 fully saturated rings. The molecule has 2 saturated heterocycles. The fourth-order valence-electron chi connectivity index (χ4n) is 3.81. The van der Waals surface area contributed by atoms with Gasteiger partial charge in [-0.3, -0.25) is 9.58 Å². The number of nitrogens with one attached hydrogen (secondary N) is 1. The summed E-state index contributed by atoms with van der Waals surface area (Å²) in [5.74, 6) is 1.59. The van der Waals surface area contributed by atoms with E-state index in [-0.39, 0.29) is 5.54 Å². The van der Waals surface area contributed by atoms with Gasteiger partial charge in [0, 0.05) is 32.2 Å². The molecule has 0 bridgehead atoms. The van der Waals surface area contributed by atoms with Gasteiger partial charge in [0.2, 0.25) is 0 Å². The van der Waals surface area contributed by atoms with Gasteiger partial charge in [0.05, 0.1) is 15.9 Å². The summed E-state index contributed by atoms with van der Waals surface area (Å²) in [7, 11) is 2.04. The highest BCUT2D eigenvalue weighted by atomic mass is 79.9. The summed E-state index contributed by atoms with van der Waals surface area (Å²) in [6.07, 6.45) is 0. The summed E-state index contributed by atoms with van der Waals surface area (Å²) < 4.78 is 3.18. The first-order chi connectivity index (χ1) is 8.91. The predicted octanol–water partition coefficient (Wildman–Crippen LogP) is 1.92. The second kappa shape index (κ2) is 4.57. The van der Waals surface area contributed by atoms with Crippen LogP contribution in [0.2, 0.25) is 0 Å². The second-order valence-electron chi connectivity index (χ2n) is 6.53. The van der Waals surface area contributed by atoms with E-state index in [1.807, 2.05) is 11.7 Å². The SMILES string of the molecule is Cc1nn(C)c(CN2CC3CNCC3C2(C)C)c1Br. The van der Waals surface area contributed by atoms with Crippen molar-refractivity contribution in [2.75, 3.05) is 19.6 Å². The van der Waals surface area contributed by atoms with E-state index >= 15 is 0 Å². The molecule has 0 amide bonds. The smallest absolute Gasteiger partial charge is 0.0739 e. The van der Waals surface area contributed by atoms with Gasteiger partial charge in [0.25, 0.3) is 0 Å². The number of fused-ring (bicyclic) bond motifs is 1. The van der Waals surface area contributed by atoms with Crippen LogP contribution in [-0.4, -0.2) is 39.9 Å². The van der Waals surface area contributed by atoms with Crippen LogP contribution in [0.1, 0.15) is 25.2 Å². The summed E-state index contributed by atoms with van der Waals surface area (Å²) in [6.45, 7) is 11.4. The van der Waals surface area contributed by atoms with E-state index in [9.17, 15) is 0 Å². The number of halogens is 1. The summed E-state index contributed by atoms with van der Waals surface area (Å²) in [5, 5.41) is 8.04. The van der Waals surface area contributed by atoms with E-state index in [4.69, 9.17) is 0 Å². The Kier molecular flexibility index (Phi) is 3.27. The normalized spacial score (nSPS) is 29.9. The Labute approximate surface area is 123 Å². The number of rotatable bonds is 2. The third kappa shape index (κ3) is 2.06. The Morgan fingerprint density at radius 3 is 2.74 bits per heavy atom. The number of aromatic nitrogens is 2. The van der Waals surface area contributed by atoms with Gasteiger partial charge in [-0.2, -0.15) is 5.10 Å². The molecule has 0 radical (unpaired) electrons. The Hall–Kier alpha value is -0.390. The van der Waals surface area contributed by atoms with Gasteiger partial charge in [-0.15, -0.1) is 0 Å². The molecule has 2 unspecified atom stereocenters. The Morgan fingerprint density at radius 2 is 2.16 bits per heavy atom. The quantitative estimate of drug-likeness (QED) is 0.901. The van der Waals surface area contributed by atoms with Crippen LogP contribution in [0.15, 0.2) is 4.47 Å². The molecule has 2 aliphatic heterocycles. The van der Waals surface area contributed by atoms with Crippen molar-refractivity contribution in [3.05, 3.63) is 15.9 Å². The molecule has 0 saturated carbocycles. The third-order valence-electron chi connectivity index (χ3n) is 5.12. The topological polar surface area (TPSA) is 33.1 Å². The van der Waals surface area contributed by atoms with Crippen LogP contribution in [0, 0.1) is 18.8 Å². The molecule has 4 nitrogen and oxygen atoms in total. The molecule has 2 aliphatic rings. The van der Waals surface area contributed by atoms with Gasteiger partial charge in [-0.05, 0) is 55.1 Å². The lowest BCUT2D eigenvalue weighted by Gasteiger charge is -2.35. The van der Waals surface area contributed by atoms with E-state index in [0.717, 1.165) is 24.1 Å². The van der Waals surface area contributed by atoms with Crippen LogP contribution in [0.25, 0.3) is 0 Å². The fourth-order valence-corrected chi connectivity index (χ4v) is 4.27. The van der Waals surface area contributed by atoms with Crippen LogP contribution in [0.4, 0.5) is 0 Å². The van der Waals surface area contributed by atoms with Gasteiger partial charge in [0.1, 0.15) is 0 Å². The molecule has 19 heavy (non-hydrogen) atoms. The average Bonchev–Trinajstić information content (AvgIpc) is 2.94. The summed E-state index contributed by atoms with van der Waals surface area (Å²) in [6, 6.07) is 0. The molecule has 1 aromatic heterocycles. The van der Waals surface area contributed by atoms with E-state index < -0.39 is 0 Å². The molecule has 2 atom stereocenters. The van der Waals surface area contributed by atoms with Crippen molar-refractivity contribution < 1.29 is 0 Å². The highest BCUT2D eigenvalue weighted by molar-refractivity contribution is 9.10. The molecular formula is C14H23BrN4. The van der Waals surface area contributed by atoms with Crippen LogP contribution in [0.3, 0.4) is 0 Å². The van der Waals surface area contributed by atoms with Crippen LogP contribution in [-0.2, 0) is 13.6 Å². The van der Waals surface area contributed by atoms with Crippen molar-refractivity contribution in [2.45, 2.75) is 32.9 Å². The maximum absolute atomic E-state index is 4.50. The van der Waals surface area contributed by atoms with Crippen molar-refractivity contribution >= 4 is 15.9 Å². The van der Waals surface area contributed by atoms with Gasteiger partial charge >= 0.3 is 0 Å².